The van der Waals surface area contributed by atoms with Crippen molar-refractivity contribution in [3.63, 3.8) is 0 Å². The lowest BCUT2D eigenvalue weighted by molar-refractivity contribution is -0.132. The molecular formula is C40H49N7O7. The van der Waals surface area contributed by atoms with Crippen molar-refractivity contribution in [2.45, 2.75) is 58.7 Å². The van der Waals surface area contributed by atoms with Gasteiger partial charge in [0.15, 0.2) is 0 Å². The van der Waals surface area contributed by atoms with Gasteiger partial charge in [-0.15, -0.1) is 0 Å². The van der Waals surface area contributed by atoms with Crippen LogP contribution in [-0.4, -0.2) is 101 Å². The molecule has 0 atom stereocenters. The number of anilines is 2. The first kappa shape index (κ1) is 39.3. The number of rotatable bonds is 12. The molecule has 2 aliphatic heterocycles. The van der Waals surface area contributed by atoms with E-state index in [1.54, 1.807) is 71.9 Å². The second kappa shape index (κ2) is 18.2. The number of aromatic nitrogens is 1. The molecule has 5 rings (SSSR count). The smallest absolute Gasteiger partial charge is 0.410 e. The fourth-order valence-electron chi connectivity index (χ4n) is 6.05. The van der Waals surface area contributed by atoms with Crippen molar-refractivity contribution in [3.8, 4) is 0 Å². The monoisotopic (exact) mass is 739 g/mol. The third-order valence-corrected chi connectivity index (χ3v) is 8.96. The van der Waals surface area contributed by atoms with Crippen molar-refractivity contribution in [2.24, 2.45) is 5.73 Å². The zero-order valence-corrected chi connectivity index (χ0v) is 31.1. The van der Waals surface area contributed by atoms with E-state index in [0.717, 1.165) is 11.1 Å². The molecule has 0 unspecified atom stereocenters. The Morgan fingerprint density at radius 1 is 0.833 bits per heavy atom. The number of pyridine rings is 1. The van der Waals surface area contributed by atoms with Crippen LogP contribution in [0.3, 0.4) is 0 Å². The summed E-state index contributed by atoms with van der Waals surface area (Å²) in [5.41, 5.74) is 8.93. The number of alkyl carbamates (subject to hydrolysis) is 1. The topological polar surface area (TPSA) is 176 Å². The van der Waals surface area contributed by atoms with Crippen molar-refractivity contribution in [3.05, 3.63) is 95.2 Å². The lowest BCUT2D eigenvalue weighted by atomic mass is 10.0. The van der Waals surface area contributed by atoms with E-state index in [-0.39, 0.29) is 35.9 Å². The molecule has 3 aromatic rings. The fourth-order valence-corrected chi connectivity index (χ4v) is 6.05. The molecule has 3 heterocycles. The number of nitrogens with one attached hydrogen (secondary N) is 2. The van der Waals surface area contributed by atoms with E-state index in [1.807, 2.05) is 36.4 Å². The van der Waals surface area contributed by atoms with E-state index >= 15 is 0 Å². The maximum absolute atomic E-state index is 13.3. The summed E-state index contributed by atoms with van der Waals surface area (Å²) in [6.45, 7) is 8.61. The molecule has 0 bridgehead atoms. The number of ether oxygens (including phenoxy) is 2. The number of primary amides is 1. The summed E-state index contributed by atoms with van der Waals surface area (Å²) in [6, 6.07) is 19.8. The van der Waals surface area contributed by atoms with Crippen molar-refractivity contribution < 1.29 is 33.4 Å². The Morgan fingerprint density at radius 2 is 1.54 bits per heavy atom. The summed E-state index contributed by atoms with van der Waals surface area (Å²) in [7, 11) is 0. The molecule has 1 aromatic heterocycles. The lowest BCUT2D eigenvalue weighted by Crippen LogP contribution is -2.50. The molecule has 4 N–H and O–H groups in total. The van der Waals surface area contributed by atoms with Crippen LogP contribution in [0, 0.1) is 0 Å². The van der Waals surface area contributed by atoms with Crippen LogP contribution in [0.25, 0.3) is 5.57 Å². The molecule has 2 aromatic carbocycles. The molecule has 0 spiro atoms. The minimum Gasteiger partial charge on any atom is -0.445 e. The summed E-state index contributed by atoms with van der Waals surface area (Å²) < 4.78 is 10.7. The average molecular weight is 740 g/mol. The SMILES string of the molecule is CC(C)(C)OC(=O)NCCCCC(=O)N1CCN(C(=O)c2ccc(Nc3nc(C4=CCN(C(=O)OCc5ccccc5)CC4)ccc3C(N)=O)cc2)CC1. The standard InChI is InChI=1S/C40H49N7O7/c1-40(2,3)54-38(51)42-20-8-7-11-34(48)45-23-25-46(26-24-45)37(50)30-12-14-31(15-13-30)43-36-32(35(41)49)16-17-33(44-36)29-18-21-47(22-19-29)39(52)53-27-28-9-5-4-6-10-28/h4-6,9-10,12-18H,7-8,11,19-27H2,1-3H3,(H2,41,49)(H,42,51)(H,43,44). The normalized spacial score (nSPS) is 14.5. The summed E-state index contributed by atoms with van der Waals surface area (Å²) in [5, 5.41) is 5.88. The van der Waals surface area contributed by atoms with Crippen LogP contribution < -0.4 is 16.4 Å². The molecule has 14 nitrogen and oxygen atoms in total. The van der Waals surface area contributed by atoms with Gasteiger partial charge in [-0.05, 0) is 87.6 Å². The van der Waals surface area contributed by atoms with Crippen molar-refractivity contribution >= 4 is 47.0 Å². The summed E-state index contributed by atoms with van der Waals surface area (Å²) in [4.78, 5) is 72.6. The molecule has 0 aliphatic carbocycles. The second-order valence-corrected chi connectivity index (χ2v) is 14.2. The highest BCUT2D eigenvalue weighted by atomic mass is 16.6. The fraction of sp³-hybridized carbons (Fsp3) is 0.400. The highest BCUT2D eigenvalue weighted by Gasteiger charge is 2.25. The van der Waals surface area contributed by atoms with Crippen LogP contribution in [0.4, 0.5) is 21.1 Å². The molecule has 1 saturated heterocycles. The molecule has 54 heavy (non-hydrogen) atoms. The number of hydrogen-bond donors (Lipinski definition) is 3. The predicted molar refractivity (Wildman–Crippen MR) is 204 cm³/mol. The highest BCUT2D eigenvalue weighted by Crippen LogP contribution is 2.27. The van der Waals surface area contributed by atoms with Crippen LogP contribution in [0.2, 0.25) is 0 Å². The largest absolute Gasteiger partial charge is 0.445 e. The Bertz CT molecular complexity index is 1830. The van der Waals surface area contributed by atoms with E-state index in [0.29, 0.717) is 88.4 Å². The Balaban J connectivity index is 1.09. The number of carbonyl (C=O) groups excluding carboxylic acids is 5. The van der Waals surface area contributed by atoms with Crippen LogP contribution >= 0.6 is 0 Å². The summed E-state index contributed by atoms with van der Waals surface area (Å²) in [6.07, 6.45) is 3.29. The Hall–Kier alpha value is -5.92. The Morgan fingerprint density at radius 3 is 2.19 bits per heavy atom. The number of nitrogens with two attached hydrogens (primary N) is 1. The van der Waals surface area contributed by atoms with Gasteiger partial charge in [0, 0.05) is 63.5 Å². The van der Waals surface area contributed by atoms with Gasteiger partial charge in [0.1, 0.15) is 18.0 Å². The molecule has 0 saturated carbocycles. The van der Waals surface area contributed by atoms with E-state index in [1.165, 1.54) is 0 Å². The van der Waals surface area contributed by atoms with Gasteiger partial charge in [0.05, 0.1) is 11.3 Å². The summed E-state index contributed by atoms with van der Waals surface area (Å²) >= 11 is 0. The number of piperazine rings is 1. The Kier molecular flexibility index (Phi) is 13.3. The number of benzene rings is 2. The van der Waals surface area contributed by atoms with Crippen LogP contribution in [0.15, 0.2) is 72.8 Å². The van der Waals surface area contributed by atoms with E-state index in [2.05, 4.69) is 10.6 Å². The van der Waals surface area contributed by atoms with Gasteiger partial charge >= 0.3 is 12.2 Å². The Labute approximate surface area is 315 Å². The molecule has 286 valence electrons. The molecule has 1 fully saturated rings. The molecule has 2 aliphatic rings. The third kappa shape index (κ3) is 11.3. The predicted octanol–water partition coefficient (Wildman–Crippen LogP) is 5.33. The van der Waals surface area contributed by atoms with Crippen LogP contribution in [-0.2, 0) is 20.9 Å². The molecular weight excluding hydrogens is 690 g/mol. The molecule has 14 heteroatoms. The number of hydrogen-bond acceptors (Lipinski definition) is 9. The van der Waals surface area contributed by atoms with Gasteiger partial charge in [-0.2, -0.15) is 0 Å². The second-order valence-electron chi connectivity index (χ2n) is 14.2. The average Bonchev–Trinajstić information content (AvgIpc) is 3.16. The lowest BCUT2D eigenvalue weighted by Gasteiger charge is -2.35. The number of carbonyl (C=O) groups is 5. The van der Waals surface area contributed by atoms with Gasteiger partial charge in [0.2, 0.25) is 5.91 Å². The first-order chi connectivity index (χ1) is 25.9. The molecule has 0 radical (unpaired) electrons. The van der Waals surface area contributed by atoms with Crippen LogP contribution in [0.1, 0.15) is 78.4 Å². The maximum Gasteiger partial charge on any atom is 0.410 e. The van der Waals surface area contributed by atoms with Crippen molar-refractivity contribution in [1.29, 1.82) is 0 Å². The van der Waals surface area contributed by atoms with E-state index in [4.69, 9.17) is 20.2 Å². The van der Waals surface area contributed by atoms with Gasteiger partial charge in [-0.25, -0.2) is 14.6 Å². The first-order valence-corrected chi connectivity index (χ1v) is 18.2. The number of nitrogens with zero attached hydrogens (tertiary/aromatic N) is 4. The van der Waals surface area contributed by atoms with Gasteiger partial charge in [0.25, 0.3) is 11.8 Å². The number of unbranched alkanes of at least 4 members (excludes halogenated alkanes) is 1. The zero-order chi connectivity index (χ0) is 38.7. The highest BCUT2D eigenvalue weighted by molar-refractivity contribution is 5.99. The minimum atomic E-state index is -0.638. The zero-order valence-electron chi connectivity index (χ0n) is 31.1. The van der Waals surface area contributed by atoms with Crippen molar-refractivity contribution in [1.82, 2.24) is 25.0 Å². The van der Waals surface area contributed by atoms with Gasteiger partial charge in [-0.3, -0.25) is 14.4 Å². The quantitative estimate of drug-likeness (QED) is 0.207. The third-order valence-electron chi connectivity index (χ3n) is 8.96. The van der Waals surface area contributed by atoms with E-state index in [9.17, 15) is 24.0 Å². The first-order valence-electron chi connectivity index (χ1n) is 18.2. The maximum atomic E-state index is 13.3. The van der Waals surface area contributed by atoms with Gasteiger partial charge < -0.3 is 40.5 Å². The number of amides is 5. The van der Waals surface area contributed by atoms with E-state index < -0.39 is 17.6 Å². The van der Waals surface area contributed by atoms with Crippen molar-refractivity contribution in [2.75, 3.05) is 51.1 Å². The minimum absolute atomic E-state index is 0.0313. The summed E-state index contributed by atoms with van der Waals surface area (Å²) in [5.74, 6) is -0.461. The molecule has 5 amide bonds. The van der Waals surface area contributed by atoms with Crippen LogP contribution in [0.5, 0.6) is 0 Å². The van der Waals surface area contributed by atoms with Gasteiger partial charge in [-0.1, -0.05) is 36.4 Å².